The maximum Gasteiger partial charge on any atom is 0.238 e. The Morgan fingerprint density at radius 3 is 2.67 bits per heavy atom. The van der Waals surface area contributed by atoms with Gasteiger partial charge in [0, 0.05) is 12.4 Å². The van der Waals surface area contributed by atoms with E-state index in [0.717, 1.165) is 0 Å². The molecule has 0 aromatic rings. The fraction of sp³-hybridized carbons (Fsp3) is 0.857. The minimum absolute atomic E-state index is 0.220. The van der Waals surface area contributed by atoms with Crippen LogP contribution in [-0.2, 0) is 9.53 Å². The minimum Gasteiger partial charge on any atom is -0.358 e. The van der Waals surface area contributed by atoms with E-state index in [1.807, 2.05) is 6.92 Å². The Morgan fingerprint density at radius 1 is 1.75 bits per heavy atom. The predicted molar refractivity (Wildman–Crippen MR) is 51.1 cm³/mol. The zero-order valence-corrected chi connectivity index (χ0v) is 8.30. The van der Waals surface area contributed by atoms with Crippen molar-refractivity contribution in [2.75, 3.05) is 12.4 Å². The van der Waals surface area contributed by atoms with Crippen molar-refractivity contribution in [3.8, 4) is 0 Å². The summed E-state index contributed by atoms with van der Waals surface area (Å²) in [5, 5.41) is 2.60. The fourth-order valence-electron chi connectivity index (χ4n) is 0.631. The zero-order chi connectivity index (χ0) is 9.56. The van der Waals surface area contributed by atoms with Crippen LogP contribution < -0.4 is 11.1 Å². The van der Waals surface area contributed by atoms with E-state index in [1.54, 1.807) is 6.92 Å². The van der Waals surface area contributed by atoms with E-state index < -0.39 is 6.04 Å². The third-order valence-electron chi connectivity index (χ3n) is 1.25. The highest BCUT2D eigenvalue weighted by Crippen LogP contribution is 1.91. The number of nitrogens with two attached hydrogens (primary N) is 1. The van der Waals surface area contributed by atoms with Gasteiger partial charge >= 0.3 is 0 Å². The molecule has 0 bridgehead atoms. The SMILES string of the molecule is CCOC(CS)NC(=O)C(C)N. The summed E-state index contributed by atoms with van der Waals surface area (Å²) in [7, 11) is 0. The van der Waals surface area contributed by atoms with E-state index >= 15 is 0 Å². The van der Waals surface area contributed by atoms with Crippen LogP contribution in [0.3, 0.4) is 0 Å². The molecule has 0 spiro atoms. The molecule has 1 amide bonds. The molecule has 0 aliphatic heterocycles. The quantitative estimate of drug-likeness (QED) is 0.415. The maximum atomic E-state index is 11.0. The monoisotopic (exact) mass is 192 g/mol. The van der Waals surface area contributed by atoms with Crippen molar-refractivity contribution < 1.29 is 9.53 Å². The van der Waals surface area contributed by atoms with Crippen LogP contribution in [0.1, 0.15) is 13.8 Å². The van der Waals surface area contributed by atoms with E-state index in [0.29, 0.717) is 12.4 Å². The molecule has 3 N–H and O–H groups in total. The Bertz CT molecular complexity index is 141. The average Bonchev–Trinajstić information content (AvgIpc) is 2.03. The van der Waals surface area contributed by atoms with Gasteiger partial charge in [0.1, 0.15) is 6.23 Å². The summed E-state index contributed by atoms with van der Waals surface area (Å²) in [6, 6.07) is -0.507. The lowest BCUT2D eigenvalue weighted by Gasteiger charge is -2.17. The molecule has 2 unspecified atom stereocenters. The largest absolute Gasteiger partial charge is 0.358 e. The van der Waals surface area contributed by atoms with Gasteiger partial charge in [0.05, 0.1) is 6.04 Å². The number of carbonyl (C=O) groups is 1. The Hall–Kier alpha value is -0.260. The van der Waals surface area contributed by atoms with Crippen LogP contribution in [-0.4, -0.2) is 30.5 Å². The zero-order valence-electron chi connectivity index (χ0n) is 7.41. The van der Waals surface area contributed by atoms with Crippen molar-refractivity contribution in [2.24, 2.45) is 5.73 Å². The molecule has 0 fully saturated rings. The number of rotatable bonds is 5. The molecule has 0 heterocycles. The molecule has 12 heavy (non-hydrogen) atoms. The second kappa shape index (κ2) is 6.28. The molecule has 0 aliphatic rings. The van der Waals surface area contributed by atoms with Gasteiger partial charge in [0.2, 0.25) is 5.91 Å². The molecule has 0 radical (unpaired) electrons. The van der Waals surface area contributed by atoms with E-state index in [9.17, 15) is 4.79 Å². The Kier molecular flexibility index (Phi) is 6.14. The molecule has 72 valence electrons. The number of carbonyl (C=O) groups excluding carboxylic acids is 1. The van der Waals surface area contributed by atoms with Gasteiger partial charge in [0.15, 0.2) is 0 Å². The Balaban J connectivity index is 3.77. The summed E-state index contributed by atoms with van der Waals surface area (Å²) >= 11 is 4.01. The second-order valence-corrected chi connectivity index (χ2v) is 2.79. The first kappa shape index (κ1) is 11.7. The number of thiol groups is 1. The lowest BCUT2D eigenvalue weighted by molar-refractivity contribution is -0.125. The van der Waals surface area contributed by atoms with E-state index in [-0.39, 0.29) is 12.1 Å². The van der Waals surface area contributed by atoms with Crippen molar-refractivity contribution in [1.82, 2.24) is 5.32 Å². The van der Waals surface area contributed by atoms with E-state index in [1.165, 1.54) is 0 Å². The van der Waals surface area contributed by atoms with Crippen molar-refractivity contribution >= 4 is 18.5 Å². The highest BCUT2D eigenvalue weighted by atomic mass is 32.1. The summed E-state index contributed by atoms with van der Waals surface area (Å²) < 4.78 is 5.15. The third kappa shape index (κ3) is 4.58. The number of ether oxygens (including phenoxy) is 1. The Morgan fingerprint density at radius 2 is 2.33 bits per heavy atom. The minimum atomic E-state index is -0.507. The molecule has 5 heteroatoms. The lowest BCUT2D eigenvalue weighted by atomic mass is 10.3. The summed E-state index contributed by atoms with van der Waals surface area (Å²) in [5.41, 5.74) is 5.34. The van der Waals surface area contributed by atoms with Crippen LogP contribution in [0.4, 0.5) is 0 Å². The van der Waals surface area contributed by atoms with Gasteiger partial charge in [-0.2, -0.15) is 12.6 Å². The maximum absolute atomic E-state index is 11.0. The number of hydrogen-bond donors (Lipinski definition) is 3. The van der Waals surface area contributed by atoms with E-state index in [4.69, 9.17) is 10.5 Å². The fourth-order valence-corrected chi connectivity index (χ4v) is 0.828. The average molecular weight is 192 g/mol. The van der Waals surface area contributed by atoms with Crippen LogP contribution in [0, 0.1) is 0 Å². The molecule has 0 saturated carbocycles. The first-order chi connectivity index (χ1) is 5.61. The second-order valence-electron chi connectivity index (χ2n) is 2.42. The summed E-state index contributed by atoms with van der Waals surface area (Å²) in [6.45, 7) is 4.02. The topological polar surface area (TPSA) is 64.3 Å². The Labute approximate surface area is 78.2 Å². The summed E-state index contributed by atoms with van der Waals surface area (Å²) in [5.74, 6) is 0.231. The summed E-state index contributed by atoms with van der Waals surface area (Å²) in [6.07, 6.45) is -0.336. The molecule has 4 nitrogen and oxygen atoms in total. The highest BCUT2D eigenvalue weighted by Gasteiger charge is 2.12. The first-order valence-corrected chi connectivity index (χ1v) is 4.53. The van der Waals surface area contributed by atoms with Crippen LogP contribution in [0.5, 0.6) is 0 Å². The third-order valence-corrected chi connectivity index (χ3v) is 1.58. The van der Waals surface area contributed by atoms with Crippen molar-refractivity contribution in [3.05, 3.63) is 0 Å². The predicted octanol–water partition coefficient (Wildman–Crippen LogP) is -0.258. The van der Waals surface area contributed by atoms with Crippen LogP contribution in [0.15, 0.2) is 0 Å². The standard InChI is InChI=1S/C7H16N2O2S/c1-3-11-6(4-12)9-7(10)5(2)8/h5-6,12H,3-4,8H2,1-2H3,(H,9,10). The van der Waals surface area contributed by atoms with Crippen molar-refractivity contribution in [1.29, 1.82) is 0 Å². The number of nitrogens with one attached hydrogen (secondary N) is 1. The molecule has 0 aliphatic carbocycles. The van der Waals surface area contributed by atoms with Gasteiger partial charge in [-0.1, -0.05) is 0 Å². The van der Waals surface area contributed by atoms with Crippen molar-refractivity contribution in [3.63, 3.8) is 0 Å². The molecule has 0 rings (SSSR count). The van der Waals surface area contributed by atoms with Crippen LogP contribution >= 0.6 is 12.6 Å². The van der Waals surface area contributed by atoms with Gasteiger partial charge in [-0.15, -0.1) is 0 Å². The molecule has 0 aromatic heterocycles. The molecular formula is C7H16N2O2S. The van der Waals surface area contributed by atoms with Gasteiger partial charge in [-0.25, -0.2) is 0 Å². The smallest absolute Gasteiger partial charge is 0.238 e. The van der Waals surface area contributed by atoms with E-state index in [2.05, 4.69) is 17.9 Å². The normalized spacial score (nSPS) is 15.3. The number of amides is 1. The van der Waals surface area contributed by atoms with Gasteiger partial charge in [0.25, 0.3) is 0 Å². The first-order valence-electron chi connectivity index (χ1n) is 3.90. The molecular weight excluding hydrogens is 176 g/mol. The number of hydrogen-bond acceptors (Lipinski definition) is 4. The van der Waals surface area contributed by atoms with Crippen LogP contribution in [0.25, 0.3) is 0 Å². The lowest BCUT2D eigenvalue weighted by Crippen LogP contribution is -2.45. The molecule has 2 atom stereocenters. The van der Waals surface area contributed by atoms with Gasteiger partial charge < -0.3 is 15.8 Å². The van der Waals surface area contributed by atoms with Crippen molar-refractivity contribution in [2.45, 2.75) is 26.1 Å². The van der Waals surface area contributed by atoms with Crippen LogP contribution in [0.2, 0.25) is 0 Å². The van der Waals surface area contributed by atoms with Gasteiger partial charge in [-0.3, -0.25) is 4.79 Å². The molecule has 0 saturated heterocycles. The highest BCUT2D eigenvalue weighted by molar-refractivity contribution is 7.80. The summed E-state index contributed by atoms with van der Waals surface area (Å²) in [4.78, 5) is 11.0. The van der Waals surface area contributed by atoms with Gasteiger partial charge in [-0.05, 0) is 13.8 Å². The molecule has 0 aromatic carbocycles.